The molecule has 0 saturated carbocycles. The first-order chi connectivity index (χ1) is 9.52. The molecule has 0 saturated heterocycles. The summed E-state index contributed by atoms with van der Waals surface area (Å²) >= 11 is 0. The maximum absolute atomic E-state index is 13.0. The predicted molar refractivity (Wildman–Crippen MR) is 69.8 cm³/mol. The number of benzene rings is 1. The molecular weight excluding hydrogens is 266 g/mol. The van der Waals surface area contributed by atoms with Crippen molar-refractivity contribution in [3.05, 3.63) is 47.3 Å². The summed E-state index contributed by atoms with van der Waals surface area (Å²) in [7, 11) is 0. The maximum Gasteiger partial charge on any atom is 0.271 e. The van der Waals surface area contributed by atoms with Gasteiger partial charge in [-0.05, 0) is 24.6 Å². The molecule has 0 spiro atoms. The fourth-order valence-corrected chi connectivity index (χ4v) is 1.80. The summed E-state index contributed by atoms with van der Waals surface area (Å²) in [6.07, 6.45) is 1.40. The first kappa shape index (κ1) is 14.0. The van der Waals surface area contributed by atoms with Crippen molar-refractivity contribution in [2.75, 3.05) is 5.73 Å². The van der Waals surface area contributed by atoms with E-state index in [-0.39, 0.29) is 17.9 Å². The Morgan fingerprint density at radius 2 is 2.15 bits per heavy atom. The smallest absolute Gasteiger partial charge is 0.271 e. The molecule has 0 fully saturated rings. The highest BCUT2D eigenvalue weighted by Crippen LogP contribution is 2.12. The number of anilines is 1. The molecule has 106 valence electrons. The summed E-state index contributed by atoms with van der Waals surface area (Å²) in [4.78, 5) is 12.0. The highest BCUT2D eigenvalue weighted by Gasteiger charge is 2.15. The van der Waals surface area contributed by atoms with Crippen molar-refractivity contribution < 1.29 is 13.6 Å². The van der Waals surface area contributed by atoms with Gasteiger partial charge in [-0.25, -0.2) is 8.78 Å². The number of aryl methyl sites for hydroxylation is 1. The van der Waals surface area contributed by atoms with E-state index in [1.807, 2.05) is 6.92 Å². The Hall–Kier alpha value is -2.44. The van der Waals surface area contributed by atoms with Crippen molar-refractivity contribution in [2.45, 2.75) is 20.0 Å². The topological polar surface area (TPSA) is 72.9 Å². The molecule has 1 heterocycles. The highest BCUT2D eigenvalue weighted by molar-refractivity contribution is 5.97. The largest absolute Gasteiger partial charge is 0.396 e. The summed E-state index contributed by atoms with van der Waals surface area (Å²) < 4.78 is 27.3. The average Bonchev–Trinajstić information content (AvgIpc) is 2.81. The number of carbonyl (C=O) groups is 1. The van der Waals surface area contributed by atoms with Crippen molar-refractivity contribution in [3.63, 3.8) is 0 Å². The Morgan fingerprint density at radius 1 is 1.40 bits per heavy atom. The molecule has 0 unspecified atom stereocenters. The zero-order valence-corrected chi connectivity index (χ0v) is 10.9. The lowest BCUT2D eigenvalue weighted by molar-refractivity contribution is 0.0941. The van der Waals surface area contributed by atoms with Gasteiger partial charge in [-0.3, -0.25) is 9.48 Å². The van der Waals surface area contributed by atoms with Crippen LogP contribution in [0.15, 0.2) is 24.4 Å². The summed E-state index contributed by atoms with van der Waals surface area (Å²) in [5.74, 6) is -2.28. The van der Waals surface area contributed by atoms with E-state index in [0.717, 1.165) is 12.1 Å². The van der Waals surface area contributed by atoms with Crippen LogP contribution in [0, 0.1) is 11.6 Å². The third-order valence-corrected chi connectivity index (χ3v) is 2.82. The zero-order valence-electron chi connectivity index (χ0n) is 10.9. The third-order valence-electron chi connectivity index (χ3n) is 2.82. The minimum atomic E-state index is -0.949. The van der Waals surface area contributed by atoms with E-state index in [1.54, 1.807) is 0 Å². The minimum absolute atomic E-state index is 0.0738. The van der Waals surface area contributed by atoms with Crippen molar-refractivity contribution in [2.24, 2.45) is 0 Å². The van der Waals surface area contributed by atoms with Crippen LogP contribution in [-0.4, -0.2) is 15.7 Å². The SMILES string of the molecule is CCn1ncc(N)c1C(=O)NCc1ccc(F)c(F)c1. The molecule has 0 aliphatic rings. The fourth-order valence-electron chi connectivity index (χ4n) is 1.80. The summed E-state index contributed by atoms with van der Waals surface area (Å²) in [6.45, 7) is 2.41. The first-order valence-electron chi connectivity index (χ1n) is 6.06. The second kappa shape index (κ2) is 5.68. The first-order valence-corrected chi connectivity index (χ1v) is 6.06. The van der Waals surface area contributed by atoms with E-state index >= 15 is 0 Å². The molecule has 20 heavy (non-hydrogen) atoms. The number of nitrogens with zero attached hydrogens (tertiary/aromatic N) is 2. The second-order valence-corrected chi connectivity index (χ2v) is 4.20. The van der Waals surface area contributed by atoms with Gasteiger partial charge in [-0.1, -0.05) is 6.07 Å². The van der Waals surface area contributed by atoms with Crippen LogP contribution in [0.5, 0.6) is 0 Å². The lowest BCUT2D eigenvalue weighted by Crippen LogP contribution is -2.26. The number of rotatable bonds is 4. The van der Waals surface area contributed by atoms with Gasteiger partial charge in [0.2, 0.25) is 0 Å². The molecule has 2 aromatic rings. The van der Waals surface area contributed by atoms with Crippen LogP contribution in [-0.2, 0) is 13.1 Å². The van der Waals surface area contributed by atoms with Gasteiger partial charge < -0.3 is 11.1 Å². The number of nitrogen functional groups attached to an aromatic ring is 1. The maximum atomic E-state index is 13.0. The molecular formula is C13H14F2N4O. The molecule has 1 aromatic heterocycles. The Morgan fingerprint density at radius 3 is 2.80 bits per heavy atom. The molecule has 0 radical (unpaired) electrons. The van der Waals surface area contributed by atoms with E-state index < -0.39 is 17.5 Å². The second-order valence-electron chi connectivity index (χ2n) is 4.20. The van der Waals surface area contributed by atoms with E-state index in [0.29, 0.717) is 12.1 Å². The predicted octanol–water partition coefficient (Wildman–Crippen LogP) is 1.69. The van der Waals surface area contributed by atoms with Crippen LogP contribution >= 0.6 is 0 Å². The van der Waals surface area contributed by atoms with Gasteiger partial charge in [0, 0.05) is 13.1 Å². The number of nitrogens with two attached hydrogens (primary N) is 1. The van der Waals surface area contributed by atoms with Crippen LogP contribution in [0.25, 0.3) is 0 Å². The van der Waals surface area contributed by atoms with Crippen molar-refractivity contribution in [1.82, 2.24) is 15.1 Å². The summed E-state index contributed by atoms with van der Waals surface area (Å²) in [5, 5.41) is 6.55. The molecule has 0 aliphatic heterocycles. The van der Waals surface area contributed by atoms with E-state index in [4.69, 9.17) is 5.73 Å². The van der Waals surface area contributed by atoms with Gasteiger partial charge in [-0.2, -0.15) is 5.10 Å². The molecule has 0 aliphatic carbocycles. The molecule has 2 rings (SSSR count). The standard InChI is InChI=1S/C13H14F2N4O/c1-2-19-12(11(16)7-18-19)13(20)17-6-8-3-4-9(14)10(15)5-8/h3-5,7H,2,6,16H2,1H3,(H,17,20). The summed E-state index contributed by atoms with van der Waals surface area (Å²) in [5.41, 5.74) is 6.67. The molecule has 5 nitrogen and oxygen atoms in total. The molecule has 3 N–H and O–H groups in total. The van der Waals surface area contributed by atoms with Crippen LogP contribution in [0.1, 0.15) is 23.0 Å². The van der Waals surface area contributed by atoms with E-state index in [1.165, 1.54) is 16.9 Å². The van der Waals surface area contributed by atoms with Crippen molar-refractivity contribution in [1.29, 1.82) is 0 Å². The highest BCUT2D eigenvalue weighted by atomic mass is 19.2. The van der Waals surface area contributed by atoms with Gasteiger partial charge in [0.05, 0.1) is 11.9 Å². The van der Waals surface area contributed by atoms with Gasteiger partial charge >= 0.3 is 0 Å². The third kappa shape index (κ3) is 2.76. The Balaban J connectivity index is 2.08. The number of amides is 1. The quantitative estimate of drug-likeness (QED) is 0.895. The Bertz CT molecular complexity index is 639. The average molecular weight is 280 g/mol. The molecule has 1 amide bonds. The van der Waals surface area contributed by atoms with E-state index in [9.17, 15) is 13.6 Å². The van der Waals surface area contributed by atoms with Crippen LogP contribution < -0.4 is 11.1 Å². The minimum Gasteiger partial charge on any atom is -0.396 e. The van der Waals surface area contributed by atoms with Crippen molar-refractivity contribution >= 4 is 11.6 Å². The van der Waals surface area contributed by atoms with Gasteiger partial charge in [-0.15, -0.1) is 0 Å². The van der Waals surface area contributed by atoms with Crippen LogP contribution in [0.2, 0.25) is 0 Å². The number of aromatic nitrogens is 2. The lowest BCUT2D eigenvalue weighted by atomic mass is 10.2. The van der Waals surface area contributed by atoms with Crippen LogP contribution in [0.4, 0.5) is 14.5 Å². The zero-order chi connectivity index (χ0) is 14.7. The van der Waals surface area contributed by atoms with Crippen LogP contribution in [0.3, 0.4) is 0 Å². The number of carbonyl (C=O) groups excluding carboxylic acids is 1. The Kier molecular flexibility index (Phi) is 3.97. The summed E-state index contributed by atoms with van der Waals surface area (Å²) in [6, 6.07) is 3.46. The van der Waals surface area contributed by atoms with Crippen molar-refractivity contribution in [3.8, 4) is 0 Å². The number of hydrogen-bond donors (Lipinski definition) is 2. The fraction of sp³-hybridized carbons (Fsp3) is 0.231. The monoisotopic (exact) mass is 280 g/mol. The molecule has 0 atom stereocenters. The molecule has 7 heteroatoms. The molecule has 0 bridgehead atoms. The van der Waals surface area contributed by atoms with Gasteiger partial charge in [0.1, 0.15) is 5.69 Å². The Labute approximate surface area is 114 Å². The number of nitrogens with one attached hydrogen (secondary N) is 1. The molecule has 1 aromatic carbocycles. The number of hydrogen-bond acceptors (Lipinski definition) is 3. The van der Waals surface area contributed by atoms with Gasteiger partial charge in [0.25, 0.3) is 5.91 Å². The van der Waals surface area contributed by atoms with E-state index in [2.05, 4.69) is 10.4 Å². The van der Waals surface area contributed by atoms with Gasteiger partial charge in [0.15, 0.2) is 11.6 Å². The lowest BCUT2D eigenvalue weighted by Gasteiger charge is -2.08. The number of halogens is 2. The normalized spacial score (nSPS) is 10.6.